The van der Waals surface area contributed by atoms with Crippen molar-refractivity contribution in [1.82, 2.24) is 25.6 Å². The molecule has 176 valence electrons. The normalized spacial score (nSPS) is 12.5. The molecule has 2 heterocycles. The van der Waals surface area contributed by atoms with Crippen molar-refractivity contribution in [2.75, 3.05) is 11.4 Å². The van der Waals surface area contributed by atoms with E-state index in [1.54, 1.807) is 4.90 Å². The van der Waals surface area contributed by atoms with E-state index in [4.69, 9.17) is 0 Å². The van der Waals surface area contributed by atoms with Crippen LogP contribution in [0.5, 0.6) is 0 Å². The predicted molar refractivity (Wildman–Crippen MR) is 122 cm³/mol. The van der Waals surface area contributed by atoms with Gasteiger partial charge in [-0.1, -0.05) is 61.5 Å². The third kappa shape index (κ3) is 5.07. The van der Waals surface area contributed by atoms with Gasteiger partial charge in [-0.05, 0) is 34.4 Å². The number of hydrogen-bond acceptors (Lipinski definition) is 6. The van der Waals surface area contributed by atoms with Crippen LogP contribution >= 0.6 is 0 Å². The van der Waals surface area contributed by atoms with E-state index in [0.717, 1.165) is 22.3 Å². The van der Waals surface area contributed by atoms with E-state index in [1.165, 1.54) is 18.3 Å². The molecule has 2 N–H and O–H groups in total. The van der Waals surface area contributed by atoms with Gasteiger partial charge < -0.3 is 10.0 Å². The summed E-state index contributed by atoms with van der Waals surface area (Å²) in [5.41, 5.74) is 3.34. The molecule has 0 aliphatic rings. The van der Waals surface area contributed by atoms with E-state index < -0.39 is 12.3 Å². The lowest BCUT2D eigenvalue weighted by atomic mass is 9.98. The number of aliphatic hydroxyl groups excluding tert-OH is 1. The van der Waals surface area contributed by atoms with Gasteiger partial charge in [0.2, 0.25) is 5.82 Å². The summed E-state index contributed by atoms with van der Waals surface area (Å²) in [5, 5.41) is 24.1. The second kappa shape index (κ2) is 10.0. The van der Waals surface area contributed by atoms with Gasteiger partial charge in [-0.2, -0.15) is 18.4 Å². The smallest absolute Gasteiger partial charge is 0.379 e. The minimum Gasteiger partial charge on any atom is -0.379 e. The van der Waals surface area contributed by atoms with Gasteiger partial charge in [-0.25, -0.2) is 4.98 Å². The van der Waals surface area contributed by atoms with Crippen LogP contribution in [0.3, 0.4) is 0 Å². The summed E-state index contributed by atoms with van der Waals surface area (Å²) in [6.07, 6.45) is -5.24. The van der Waals surface area contributed by atoms with Crippen molar-refractivity contribution in [3.05, 3.63) is 78.0 Å². The van der Waals surface area contributed by atoms with Crippen LogP contribution in [0.1, 0.15) is 30.6 Å². The van der Waals surface area contributed by atoms with E-state index in [0.29, 0.717) is 25.3 Å². The van der Waals surface area contributed by atoms with E-state index >= 15 is 0 Å². The maximum Gasteiger partial charge on any atom is 0.418 e. The molecule has 0 bridgehead atoms. The highest BCUT2D eigenvalue weighted by Crippen LogP contribution is 2.37. The van der Waals surface area contributed by atoms with Crippen molar-refractivity contribution in [3.8, 4) is 22.5 Å². The lowest BCUT2D eigenvalue weighted by Crippen LogP contribution is -2.29. The first kappa shape index (κ1) is 23.4. The van der Waals surface area contributed by atoms with Crippen LogP contribution in [0.2, 0.25) is 0 Å². The fourth-order valence-electron chi connectivity index (χ4n) is 3.81. The Hall–Kier alpha value is -3.79. The van der Waals surface area contributed by atoms with Gasteiger partial charge >= 0.3 is 6.18 Å². The highest BCUT2D eigenvalue weighted by Gasteiger charge is 2.41. The predicted octanol–water partition coefficient (Wildman–Crippen LogP) is 4.94. The lowest BCUT2D eigenvalue weighted by molar-refractivity contribution is -0.206. The third-order valence-corrected chi connectivity index (χ3v) is 5.37. The third-order valence-electron chi connectivity index (χ3n) is 5.37. The Morgan fingerprint density at radius 2 is 1.74 bits per heavy atom. The SMILES string of the molecule is CCCN(Cc1ccc(-c2ccccc2-c2nn[nH]n2)cc1)c1ncccc1C(O)C(F)(F)F. The first-order valence-electron chi connectivity index (χ1n) is 10.7. The van der Waals surface area contributed by atoms with Crippen molar-refractivity contribution >= 4 is 5.82 Å². The number of anilines is 1. The average molecular weight is 468 g/mol. The highest BCUT2D eigenvalue weighted by molar-refractivity contribution is 5.80. The molecule has 2 aromatic heterocycles. The molecule has 4 aromatic rings. The fourth-order valence-corrected chi connectivity index (χ4v) is 3.81. The molecule has 0 saturated carbocycles. The molecule has 7 nitrogen and oxygen atoms in total. The van der Waals surface area contributed by atoms with Gasteiger partial charge in [-0.15, -0.1) is 10.2 Å². The number of benzene rings is 2. The number of hydrogen-bond donors (Lipinski definition) is 2. The molecule has 1 unspecified atom stereocenters. The largest absolute Gasteiger partial charge is 0.418 e. The minimum atomic E-state index is -4.77. The Morgan fingerprint density at radius 3 is 2.38 bits per heavy atom. The molecule has 0 saturated heterocycles. The number of aromatic nitrogens is 5. The number of tetrazole rings is 1. The summed E-state index contributed by atoms with van der Waals surface area (Å²) in [4.78, 5) is 5.93. The number of aliphatic hydroxyl groups is 1. The Kier molecular flexibility index (Phi) is 6.87. The number of nitrogens with one attached hydrogen (secondary N) is 1. The van der Waals surface area contributed by atoms with Gasteiger partial charge in [0, 0.05) is 30.4 Å². The van der Waals surface area contributed by atoms with Gasteiger partial charge in [0.1, 0.15) is 5.82 Å². The van der Waals surface area contributed by atoms with Gasteiger partial charge in [0.15, 0.2) is 6.10 Å². The van der Waals surface area contributed by atoms with E-state index in [9.17, 15) is 18.3 Å². The molecule has 10 heteroatoms. The number of nitrogens with zero attached hydrogens (tertiary/aromatic N) is 5. The summed E-state index contributed by atoms with van der Waals surface area (Å²) in [7, 11) is 0. The number of alkyl halides is 3. The Labute approximate surface area is 194 Å². The van der Waals surface area contributed by atoms with Gasteiger partial charge in [-0.3, -0.25) is 0 Å². The highest BCUT2D eigenvalue weighted by atomic mass is 19.4. The van der Waals surface area contributed by atoms with Crippen LogP contribution in [0, 0.1) is 0 Å². The van der Waals surface area contributed by atoms with Crippen molar-refractivity contribution in [2.45, 2.75) is 32.2 Å². The van der Waals surface area contributed by atoms with Crippen LogP contribution in [0.25, 0.3) is 22.5 Å². The quantitative estimate of drug-likeness (QED) is 0.381. The molecule has 0 spiro atoms. The standard InChI is InChI=1S/C24H23F3N6O/c1-2-14-33(23-20(8-5-13-28-23)21(34)24(25,26)27)15-16-9-11-17(12-10-16)18-6-3-4-7-19(18)22-29-31-32-30-22/h3-13,21,34H,2,14-15H2,1H3,(H,29,30,31,32). The summed E-state index contributed by atoms with van der Waals surface area (Å²) in [6.45, 7) is 2.76. The van der Waals surface area contributed by atoms with Crippen LogP contribution in [-0.4, -0.2) is 43.4 Å². The first-order chi connectivity index (χ1) is 16.4. The molecule has 0 aliphatic heterocycles. The van der Waals surface area contributed by atoms with Crippen LogP contribution < -0.4 is 4.90 Å². The average Bonchev–Trinajstić information content (AvgIpc) is 3.38. The van der Waals surface area contributed by atoms with E-state index in [2.05, 4.69) is 25.6 Å². The Bertz CT molecular complexity index is 1210. The molecule has 0 amide bonds. The zero-order valence-corrected chi connectivity index (χ0v) is 18.4. The fraction of sp³-hybridized carbons (Fsp3) is 0.250. The maximum atomic E-state index is 13.2. The summed E-state index contributed by atoms with van der Waals surface area (Å²) < 4.78 is 39.7. The monoisotopic (exact) mass is 468 g/mol. The zero-order valence-electron chi connectivity index (χ0n) is 18.4. The maximum absolute atomic E-state index is 13.2. The van der Waals surface area contributed by atoms with Crippen molar-refractivity contribution in [1.29, 1.82) is 0 Å². The topological polar surface area (TPSA) is 90.8 Å². The molecular formula is C24H23F3N6O. The van der Waals surface area contributed by atoms with Crippen LogP contribution in [0.4, 0.5) is 19.0 Å². The number of H-pyrrole nitrogens is 1. The van der Waals surface area contributed by atoms with Crippen LogP contribution in [-0.2, 0) is 6.54 Å². The Morgan fingerprint density at radius 1 is 1.00 bits per heavy atom. The second-order valence-electron chi connectivity index (χ2n) is 7.76. The second-order valence-corrected chi connectivity index (χ2v) is 7.76. The molecule has 0 fully saturated rings. The van der Waals surface area contributed by atoms with E-state index in [-0.39, 0.29) is 11.4 Å². The van der Waals surface area contributed by atoms with Crippen molar-refractivity contribution in [3.63, 3.8) is 0 Å². The number of aromatic amines is 1. The summed E-state index contributed by atoms with van der Waals surface area (Å²) >= 11 is 0. The van der Waals surface area contributed by atoms with Gasteiger partial charge in [0.05, 0.1) is 0 Å². The first-order valence-corrected chi connectivity index (χ1v) is 10.7. The number of rotatable bonds is 8. The molecule has 0 aliphatic carbocycles. The minimum absolute atomic E-state index is 0.126. The molecule has 34 heavy (non-hydrogen) atoms. The lowest BCUT2D eigenvalue weighted by Gasteiger charge is -2.27. The number of pyridine rings is 1. The molecule has 0 radical (unpaired) electrons. The van der Waals surface area contributed by atoms with Gasteiger partial charge in [0.25, 0.3) is 0 Å². The van der Waals surface area contributed by atoms with Crippen molar-refractivity contribution in [2.24, 2.45) is 0 Å². The Balaban J connectivity index is 1.61. The number of halogens is 3. The van der Waals surface area contributed by atoms with Crippen LogP contribution in [0.15, 0.2) is 66.9 Å². The molecule has 2 aromatic carbocycles. The summed E-state index contributed by atoms with van der Waals surface area (Å²) in [6, 6.07) is 18.1. The zero-order chi connectivity index (χ0) is 24.1. The molecular weight excluding hydrogens is 445 g/mol. The summed E-state index contributed by atoms with van der Waals surface area (Å²) in [5.74, 6) is 0.611. The van der Waals surface area contributed by atoms with Crippen molar-refractivity contribution < 1.29 is 18.3 Å². The molecule has 1 atom stereocenters. The van der Waals surface area contributed by atoms with E-state index in [1.807, 2.05) is 55.5 Å². The molecule has 4 rings (SSSR count).